The van der Waals surface area contributed by atoms with E-state index >= 15 is 0 Å². The summed E-state index contributed by atoms with van der Waals surface area (Å²) < 4.78 is 1.98. The zero-order valence-electron chi connectivity index (χ0n) is 11.6. The molecule has 0 bridgehead atoms. The van der Waals surface area contributed by atoms with Crippen molar-refractivity contribution < 1.29 is 0 Å². The Balaban J connectivity index is 1.98. The highest BCUT2D eigenvalue weighted by Crippen LogP contribution is 2.21. The van der Waals surface area contributed by atoms with Gasteiger partial charge in [-0.2, -0.15) is 0 Å². The minimum Gasteiger partial charge on any atom is -0.372 e. The number of anilines is 2. The smallest absolute Gasteiger partial charge is 0.180 e. The van der Waals surface area contributed by atoms with Gasteiger partial charge in [-0.3, -0.25) is 0 Å². The molecule has 0 amide bonds. The Morgan fingerprint density at radius 2 is 2.05 bits per heavy atom. The van der Waals surface area contributed by atoms with Crippen LogP contribution in [0.1, 0.15) is 5.56 Å². The van der Waals surface area contributed by atoms with Crippen molar-refractivity contribution in [3.8, 4) is 0 Å². The van der Waals surface area contributed by atoms with Crippen molar-refractivity contribution in [2.75, 3.05) is 24.3 Å². The zero-order valence-corrected chi connectivity index (χ0v) is 11.6. The lowest BCUT2D eigenvalue weighted by atomic mass is 10.2. The van der Waals surface area contributed by atoms with Crippen LogP contribution >= 0.6 is 0 Å². The number of hydrogen-bond donors (Lipinski definition) is 1. The molecule has 1 aromatic carbocycles. The number of nitrogens with zero attached hydrogens (tertiary/aromatic N) is 4. The van der Waals surface area contributed by atoms with E-state index in [0.717, 1.165) is 23.8 Å². The summed E-state index contributed by atoms with van der Waals surface area (Å²) in [4.78, 5) is 11.1. The lowest BCUT2D eigenvalue weighted by Gasteiger charge is -2.19. The molecule has 0 aliphatic heterocycles. The largest absolute Gasteiger partial charge is 0.372 e. The molecule has 0 spiro atoms. The Kier molecular flexibility index (Phi) is 3.25. The number of imidazole rings is 1. The lowest BCUT2D eigenvalue weighted by molar-refractivity contribution is 0.893. The van der Waals surface area contributed by atoms with E-state index in [-0.39, 0.29) is 0 Å². The maximum absolute atomic E-state index is 4.62. The monoisotopic (exact) mass is 267 g/mol. The quantitative estimate of drug-likeness (QED) is 0.788. The van der Waals surface area contributed by atoms with Crippen LogP contribution in [0.5, 0.6) is 0 Å². The van der Waals surface area contributed by atoms with Gasteiger partial charge in [-0.05, 0) is 5.56 Å². The highest BCUT2D eigenvalue weighted by molar-refractivity contribution is 5.66. The average molecular weight is 267 g/mol. The topological polar surface area (TPSA) is 45.5 Å². The highest BCUT2D eigenvalue weighted by Gasteiger charge is 2.11. The zero-order chi connectivity index (χ0) is 13.9. The second-order valence-corrected chi connectivity index (χ2v) is 4.70. The van der Waals surface area contributed by atoms with Crippen molar-refractivity contribution in [1.29, 1.82) is 0 Å². The molecule has 0 aliphatic rings. The van der Waals surface area contributed by atoms with Crippen LogP contribution in [0, 0.1) is 0 Å². The maximum atomic E-state index is 4.62. The van der Waals surface area contributed by atoms with Gasteiger partial charge in [-0.25, -0.2) is 9.97 Å². The first-order valence-corrected chi connectivity index (χ1v) is 6.54. The summed E-state index contributed by atoms with van der Waals surface area (Å²) in [6.07, 6.45) is 5.65. The number of rotatable bonds is 4. The van der Waals surface area contributed by atoms with Gasteiger partial charge in [-0.15, -0.1) is 0 Å². The van der Waals surface area contributed by atoms with Gasteiger partial charge in [0.05, 0.1) is 6.20 Å². The van der Waals surface area contributed by atoms with Crippen LogP contribution < -0.4 is 10.2 Å². The van der Waals surface area contributed by atoms with Gasteiger partial charge in [0.2, 0.25) is 0 Å². The summed E-state index contributed by atoms with van der Waals surface area (Å²) in [6.45, 7) is 0.795. The van der Waals surface area contributed by atoms with E-state index in [1.165, 1.54) is 5.56 Å². The standard InChI is InChI=1S/C15H17N5/c1-16-13-11-20-9-8-17-14(20)15(18-13)19(2)10-12-6-4-3-5-7-12/h3-9,11,16H,10H2,1-2H3. The highest BCUT2D eigenvalue weighted by atomic mass is 15.2. The molecule has 0 saturated heterocycles. The number of nitrogens with one attached hydrogen (secondary N) is 1. The van der Waals surface area contributed by atoms with Crippen molar-refractivity contribution >= 4 is 17.3 Å². The van der Waals surface area contributed by atoms with Gasteiger partial charge in [0.15, 0.2) is 11.5 Å². The maximum Gasteiger partial charge on any atom is 0.180 e. The minimum absolute atomic E-state index is 0.795. The van der Waals surface area contributed by atoms with Crippen LogP contribution in [0.15, 0.2) is 48.9 Å². The molecule has 0 atom stereocenters. The van der Waals surface area contributed by atoms with Crippen molar-refractivity contribution in [3.05, 3.63) is 54.5 Å². The summed E-state index contributed by atoms with van der Waals surface area (Å²) in [5, 5.41) is 3.08. The number of aromatic nitrogens is 3. The van der Waals surface area contributed by atoms with Crippen molar-refractivity contribution in [2.24, 2.45) is 0 Å². The number of benzene rings is 1. The Bertz CT molecular complexity index is 705. The summed E-state index contributed by atoms with van der Waals surface area (Å²) >= 11 is 0. The third-order valence-electron chi connectivity index (χ3n) is 3.24. The van der Waals surface area contributed by atoms with Gasteiger partial charge < -0.3 is 14.6 Å². The van der Waals surface area contributed by atoms with Crippen LogP contribution in [-0.4, -0.2) is 28.5 Å². The van der Waals surface area contributed by atoms with Crippen LogP contribution in [0.2, 0.25) is 0 Å². The molecule has 3 aromatic rings. The number of fused-ring (bicyclic) bond motifs is 1. The minimum atomic E-state index is 0.795. The molecule has 2 aromatic heterocycles. The van der Waals surface area contributed by atoms with Crippen molar-refractivity contribution in [3.63, 3.8) is 0 Å². The fourth-order valence-corrected chi connectivity index (χ4v) is 2.22. The van der Waals surface area contributed by atoms with E-state index in [4.69, 9.17) is 0 Å². The van der Waals surface area contributed by atoms with Crippen LogP contribution in [0.4, 0.5) is 11.6 Å². The van der Waals surface area contributed by atoms with Crippen LogP contribution in [0.3, 0.4) is 0 Å². The van der Waals surface area contributed by atoms with Crippen molar-refractivity contribution in [1.82, 2.24) is 14.4 Å². The third kappa shape index (κ3) is 2.30. The SMILES string of the molecule is CNc1cn2ccnc2c(N(C)Cc2ccccc2)n1. The molecule has 2 heterocycles. The van der Waals surface area contributed by atoms with Gasteiger partial charge >= 0.3 is 0 Å². The van der Waals surface area contributed by atoms with Gasteiger partial charge in [0, 0.05) is 33.0 Å². The molecule has 0 saturated carbocycles. The Morgan fingerprint density at radius 1 is 1.25 bits per heavy atom. The summed E-state index contributed by atoms with van der Waals surface area (Å²) in [5.41, 5.74) is 2.11. The Hall–Kier alpha value is -2.56. The van der Waals surface area contributed by atoms with Gasteiger partial charge in [0.25, 0.3) is 0 Å². The van der Waals surface area contributed by atoms with E-state index in [9.17, 15) is 0 Å². The molecule has 1 N–H and O–H groups in total. The summed E-state index contributed by atoms with van der Waals surface area (Å²) in [6, 6.07) is 10.3. The Labute approximate surface area is 117 Å². The first-order valence-electron chi connectivity index (χ1n) is 6.54. The second-order valence-electron chi connectivity index (χ2n) is 4.70. The number of hydrogen-bond acceptors (Lipinski definition) is 4. The van der Waals surface area contributed by atoms with E-state index in [2.05, 4.69) is 32.3 Å². The molecule has 102 valence electrons. The molecule has 0 fully saturated rings. The fourth-order valence-electron chi connectivity index (χ4n) is 2.22. The third-order valence-corrected chi connectivity index (χ3v) is 3.24. The van der Waals surface area contributed by atoms with E-state index in [1.54, 1.807) is 6.20 Å². The second kappa shape index (κ2) is 5.21. The molecule has 5 nitrogen and oxygen atoms in total. The molecule has 20 heavy (non-hydrogen) atoms. The molecular weight excluding hydrogens is 250 g/mol. The van der Waals surface area contributed by atoms with E-state index in [0.29, 0.717) is 0 Å². The molecule has 5 heteroatoms. The van der Waals surface area contributed by atoms with Crippen molar-refractivity contribution in [2.45, 2.75) is 6.54 Å². The predicted octanol–water partition coefficient (Wildman–Crippen LogP) is 2.41. The van der Waals surface area contributed by atoms with Crippen LogP contribution in [-0.2, 0) is 6.54 Å². The fraction of sp³-hybridized carbons (Fsp3) is 0.200. The van der Waals surface area contributed by atoms with E-state index in [1.807, 2.05) is 49.1 Å². The summed E-state index contributed by atoms with van der Waals surface area (Å²) in [7, 11) is 3.90. The van der Waals surface area contributed by atoms with E-state index < -0.39 is 0 Å². The Morgan fingerprint density at radius 3 is 2.80 bits per heavy atom. The average Bonchev–Trinajstić information content (AvgIpc) is 2.95. The van der Waals surface area contributed by atoms with Gasteiger partial charge in [0.1, 0.15) is 5.82 Å². The first-order chi connectivity index (χ1) is 9.78. The molecule has 3 rings (SSSR count). The summed E-state index contributed by atoms with van der Waals surface area (Å²) in [5.74, 6) is 1.69. The molecule has 0 radical (unpaired) electrons. The molecular formula is C15H17N5. The molecule has 0 unspecified atom stereocenters. The predicted molar refractivity (Wildman–Crippen MR) is 81.1 cm³/mol. The van der Waals surface area contributed by atoms with Gasteiger partial charge in [-0.1, -0.05) is 30.3 Å². The normalized spacial score (nSPS) is 10.7. The first kappa shape index (κ1) is 12.5. The molecule has 0 aliphatic carbocycles. The van der Waals surface area contributed by atoms with Crippen LogP contribution in [0.25, 0.3) is 5.65 Å². The lowest BCUT2D eigenvalue weighted by Crippen LogP contribution is -2.19.